The molecule has 1 amide bonds. The van der Waals surface area contributed by atoms with Crippen molar-refractivity contribution in [3.8, 4) is 10.4 Å². The van der Waals surface area contributed by atoms with Crippen molar-refractivity contribution >= 4 is 38.5 Å². The number of hydrogen-bond acceptors (Lipinski definition) is 6. The van der Waals surface area contributed by atoms with Gasteiger partial charge in [-0.05, 0) is 49.1 Å². The molecule has 0 radical (unpaired) electrons. The smallest absolute Gasteiger partial charge is 0.341 e. The molecule has 0 saturated carbocycles. The number of amides is 1. The van der Waals surface area contributed by atoms with Crippen LogP contribution in [0.5, 0.6) is 0 Å². The average molecular weight is 500 g/mol. The molecule has 0 atom stereocenters. The Kier molecular flexibility index (Phi) is 7.73. The topological polar surface area (TPSA) is 90.7 Å². The van der Waals surface area contributed by atoms with Gasteiger partial charge in [-0.2, -0.15) is 13.2 Å². The fourth-order valence-corrected chi connectivity index (χ4v) is 5.10. The van der Waals surface area contributed by atoms with Gasteiger partial charge in [0.1, 0.15) is 12.3 Å². The van der Waals surface area contributed by atoms with Gasteiger partial charge in [0.2, 0.25) is 5.91 Å². The lowest BCUT2D eigenvalue weighted by Gasteiger charge is -2.26. The Morgan fingerprint density at radius 3 is 2.48 bits per heavy atom. The summed E-state index contributed by atoms with van der Waals surface area (Å²) in [6, 6.07) is 9.52. The van der Waals surface area contributed by atoms with Gasteiger partial charge in [-0.1, -0.05) is 12.1 Å². The molecule has 6 nitrogen and oxygen atoms in total. The minimum absolute atomic E-state index is 0.0122. The number of sulfone groups is 1. The third-order valence-corrected chi connectivity index (χ3v) is 7.53. The number of halogens is 3. The first-order valence-corrected chi connectivity index (χ1v) is 13.0. The van der Waals surface area contributed by atoms with Crippen LogP contribution in [-0.2, 0) is 14.6 Å². The van der Waals surface area contributed by atoms with Crippen molar-refractivity contribution in [2.45, 2.75) is 36.8 Å². The summed E-state index contributed by atoms with van der Waals surface area (Å²) in [5.41, 5.74) is -0.831. The number of aliphatic imine (C=N–C) groups is 1. The van der Waals surface area contributed by atoms with E-state index in [4.69, 9.17) is 5.41 Å². The van der Waals surface area contributed by atoms with Crippen LogP contribution in [0.25, 0.3) is 10.4 Å². The second kappa shape index (κ2) is 10.2. The largest absolute Gasteiger partial charge is 0.429 e. The molecule has 1 saturated heterocycles. The number of hydrogen-bond donors (Lipinski definition) is 1. The van der Waals surface area contributed by atoms with Gasteiger partial charge in [0.05, 0.1) is 10.6 Å². The molecule has 33 heavy (non-hydrogen) atoms. The number of carbonyl (C=O) groups is 1. The molecule has 1 N–H and O–H groups in total. The summed E-state index contributed by atoms with van der Waals surface area (Å²) < 4.78 is 62.8. The molecule has 1 aromatic carbocycles. The van der Waals surface area contributed by atoms with Gasteiger partial charge >= 0.3 is 6.18 Å². The van der Waals surface area contributed by atoms with Gasteiger partial charge in [-0.15, -0.1) is 11.3 Å². The lowest BCUT2D eigenvalue weighted by Crippen LogP contribution is -2.37. The summed E-state index contributed by atoms with van der Waals surface area (Å²) in [4.78, 5) is 19.5. The number of likely N-dealkylation sites (tertiary alicyclic amines) is 1. The van der Waals surface area contributed by atoms with Crippen molar-refractivity contribution in [3.63, 3.8) is 0 Å². The summed E-state index contributed by atoms with van der Waals surface area (Å²) >= 11 is 1.14. The van der Waals surface area contributed by atoms with E-state index in [-0.39, 0.29) is 23.1 Å². The molecule has 0 aliphatic carbocycles. The van der Waals surface area contributed by atoms with Crippen LogP contribution in [-0.4, -0.2) is 62.7 Å². The van der Waals surface area contributed by atoms with Crippen LogP contribution in [0.1, 0.15) is 30.6 Å². The summed E-state index contributed by atoms with van der Waals surface area (Å²) in [6.07, 6.45) is -1.62. The molecule has 11 heteroatoms. The number of benzene rings is 1. The lowest BCUT2D eigenvalue weighted by molar-refractivity contribution is -0.130. The van der Waals surface area contributed by atoms with Crippen molar-refractivity contribution in [2.75, 3.05) is 25.9 Å². The number of carbonyl (C=O) groups excluding carboxylic acids is 1. The maximum atomic E-state index is 13.0. The molecule has 0 bridgehead atoms. The number of rotatable bonds is 7. The number of nitrogens with zero attached hydrogens (tertiary/aromatic N) is 2. The Balaban J connectivity index is 1.88. The molecule has 2 aromatic rings. The van der Waals surface area contributed by atoms with Crippen LogP contribution in [0.15, 0.2) is 46.3 Å². The predicted molar refractivity (Wildman–Crippen MR) is 123 cm³/mol. The van der Waals surface area contributed by atoms with Gasteiger partial charge in [-0.25, -0.2) is 8.42 Å². The maximum absolute atomic E-state index is 13.0. The highest BCUT2D eigenvalue weighted by molar-refractivity contribution is 7.90. The number of alkyl halides is 3. The van der Waals surface area contributed by atoms with Crippen molar-refractivity contribution in [2.24, 2.45) is 4.99 Å². The van der Waals surface area contributed by atoms with E-state index in [0.717, 1.165) is 36.9 Å². The SMILES string of the molecule is CS(=O)(=O)c1cccc(-c2ccc(C(CC(=N)C(F)(F)F)=NCC(=O)N3CCCCC3)s2)c1. The van der Waals surface area contributed by atoms with Crippen LogP contribution in [0, 0.1) is 5.41 Å². The molecule has 1 aliphatic heterocycles. The molecular weight excluding hydrogens is 475 g/mol. The van der Waals surface area contributed by atoms with Crippen LogP contribution in [0.4, 0.5) is 13.2 Å². The van der Waals surface area contributed by atoms with Crippen molar-refractivity contribution in [3.05, 3.63) is 41.3 Å². The highest BCUT2D eigenvalue weighted by Gasteiger charge is 2.35. The zero-order valence-electron chi connectivity index (χ0n) is 18.0. The molecular formula is C22H24F3N3O3S2. The first-order chi connectivity index (χ1) is 15.4. The number of thiophene rings is 1. The van der Waals surface area contributed by atoms with E-state index >= 15 is 0 Å². The van der Waals surface area contributed by atoms with Gasteiger partial charge in [0.25, 0.3) is 0 Å². The molecule has 1 aromatic heterocycles. The second-order valence-corrected chi connectivity index (χ2v) is 10.9. The van der Waals surface area contributed by atoms with E-state index in [9.17, 15) is 26.4 Å². The third kappa shape index (κ3) is 6.73. The van der Waals surface area contributed by atoms with Crippen molar-refractivity contribution < 1.29 is 26.4 Å². The summed E-state index contributed by atoms with van der Waals surface area (Å²) in [7, 11) is -3.42. The van der Waals surface area contributed by atoms with Gasteiger partial charge in [0.15, 0.2) is 9.84 Å². The maximum Gasteiger partial charge on any atom is 0.429 e. The first-order valence-electron chi connectivity index (χ1n) is 10.3. The Morgan fingerprint density at radius 2 is 1.85 bits per heavy atom. The Hall–Kier alpha value is -2.53. The Bertz CT molecular complexity index is 1160. The van der Waals surface area contributed by atoms with Gasteiger partial charge in [0, 0.05) is 35.5 Å². The van der Waals surface area contributed by atoms with Crippen LogP contribution in [0.3, 0.4) is 0 Å². The fraction of sp³-hybridized carbons (Fsp3) is 0.409. The minimum atomic E-state index is -4.79. The molecule has 1 fully saturated rings. The molecule has 178 valence electrons. The van der Waals surface area contributed by atoms with Crippen molar-refractivity contribution in [1.29, 1.82) is 5.41 Å². The van der Waals surface area contributed by atoms with Gasteiger partial charge < -0.3 is 10.3 Å². The van der Waals surface area contributed by atoms with E-state index in [0.29, 0.717) is 28.4 Å². The standard InChI is InChI=1S/C22H24F3N3O3S2/c1-33(30,31)16-7-5-6-15(12-16)18-8-9-19(32-18)17(13-20(26)22(23,24)25)27-14-21(29)28-10-3-2-4-11-28/h5-9,12,26H,2-4,10-11,13-14H2,1H3. The Morgan fingerprint density at radius 1 is 1.15 bits per heavy atom. The second-order valence-electron chi connectivity index (χ2n) is 7.82. The summed E-state index contributed by atoms with van der Waals surface area (Å²) in [5, 5.41) is 7.41. The van der Waals surface area contributed by atoms with E-state index in [1.807, 2.05) is 0 Å². The normalized spacial score (nSPS) is 15.5. The monoisotopic (exact) mass is 499 g/mol. The molecule has 0 spiro atoms. The highest BCUT2D eigenvalue weighted by Crippen LogP contribution is 2.31. The van der Waals surface area contributed by atoms with E-state index in [1.54, 1.807) is 29.2 Å². The van der Waals surface area contributed by atoms with Gasteiger partial charge in [-0.3, -0.25) is 9.79 Å². The van der Waals surface area contributed by atoms with Crippen molar-refractivity contribution in [1.82, 2.24) is 4.90 Å². The first kappa shape index (κ1) is 25.1. The molecule has 2 heterocycles. The van der Waals surface area contributed by atoms with Crippen LogP contribution in [0.2, 0.25) is 0 Å². The summed E-state index contributed by atoms with van der Waals surface area (Å²) in [6.45, 7) is 0.945. The molecule has 0 unspecified atom stereocenters. The zero-order chi connectivity index (χ0) is 24.2. The van der Waals surface area contributed by atoms with Crippen LogP contribution < -0.4 is 0 Å². The lowest BCUT2D eigenvalue weighted by atomic mass is 10.1. The molecule has 1 aliphatic rings. The molecule has 3 rings (SSSR count). The predicted octanol–water partition coefficient (Wildman–Crippen LogP) is 4.59. The zero-order valence-corrected chi connectivity index (χ0v) is 19.6. The number of piperidine rings is 1. The minimum Gasteiger partial charge on any atom is -0.341 e. The van der Waals surface area contributed by atoms with E-state index < -0.39 is 28.1 Å². The Labute approximate surface area is 194 Å². The van der Waals surface area contributed by atoms with E-state index in [2.05, 4.69) is 4.99 Å². The van der Waals surface area contributed by atoms with Crippen LogP contribution >= 0.6 is 11.3 Å². The number of nitrogens with one attached hydrogen (secondary N) is 1. The average Bonchev–Trinajstić information content (AvgIpc) is 3.26. The van der Waals surface area contributed by atoms with E-state index in [1.165, 1.54) is 12.1 Å². The highest BCUT2D eigenvalue weighted by atomic mass is 32.2. The fourth-order valence-electron chi connectivity index (χ4n) is 3.42. The quantitative estimate of drug-likeness (QED) is 0.565. The third-order valence-electron chi connectivity index (χ3n) is 5.24. The summed E-state index contributed by atoms with van der Waals surface area (Å²) in [5.74, 6) is -0.247.